The fraction of sp³-hybridized carbons (Fsp3) is 0.364. The lowest BCUT2D eigenvalue weighted by atomic mass is 10.3. The van der Waals surface area contributed by atoms with Crippen LogP contribution in [0, 0.1) is 0 Å². The van der Waals surface area contributed by atoms with E-state index in [-0.39, 0.29) is 18.2 Å². The van der Waals surface area contributed by atoms with Crippen LogP contribution < -0.4 is 16.0 Å². The van der Waals surface area contributed by atoms with Crippen molar-refractivity contribution in [2.24, 2.45) is 0 Å². The van der Waals surface area contributed by atoms with E-state index in [1.807, 2.05) is 0 Å². The third-order valence-corrected chi connectivity index (χ3v) is 2.20. The van der Waals surface area contributed by atoms with E-state index in [1.165, 1.54) is 0 Å². The maximum Gasteiger partial charge on any atom is 0.269 e. The maximum atomic E-state index is 11.6. The molecule has 2 amide bonds. The minimum atomic E-state index is -0.281. The van der Waals surface area contributed by atoms with Crippen molar-refractivity contribution < 1.29 is 9.59 Å². The number of carbonyl (C=O) groups excluding carboxylic acids is 2. The van der Waals surface area contributed by atoms with Gasteiger partial charge in [-0.05, 0) is 12.1 Å². The summed E-state index contributed by atoms with van der Waals surface area (Å²) in [6.07, 6.45) is 1.84. The summed E-state index contributed by atoms with van der Waals surface area (Å²) in [6.45, 7) is 0.300. The smallest absolute Gasteiger partial charge is 0.269 e. The molecule has 92 valence electrons. The molecular formula is C11H16N4O2. The number of carbonyl (C=O) groups is 2. The summed E-state index contributed by atoms with van der Waals surface area (Å²) < 4.78 is 0. The van der Waals surface area contributed by atoms with Crippen LogP contribution in [0.25, 0.3) is 0 Å². The molecule has 0 aliphatic carbocycles. The molecule has 0 fully saturated rings. The Balaban J connectivity index is 2.44. The molecule has 0 saturated heterocycles. The van der Waals surface area contributed by atoms with Crippen LogP contribution in [-0.4, -0.2) is 37.4 Å². The van der Waals surface area contributed by atoms with Gasteiger partial charge in [0.2, 0.25) is 5.91 Å². The second kappa shape index (κ2) is 6.47. The number of hydrogen-bond donors (Lipinski definition) is 3. The van der Waals surface area contributed by atoms with E-state index in [0.717, 1.165) is 5.69 Å². The van der Waals surface area contributed by atoms with Gasteiger partial charge in [-0.2, -0.15) is 0 Å². The molecule has 0 spiro atoms. The average Bonchev–Trinajstić information content (AvgIpc) is 2.38. The van der Waals surface area contributed by atoms with Crippen LogP contribution in [-0.2, 0) is 4.79 Å². The molecule has 6 nitrogen and oxygen atoms in total. The normalized spacial score (nSPS) is 9.53. The number of nitrogens with zero attached hydrogens (tertiary/aromatic N) is 1. The Bertz CT molecular complexity index is 389. The van der Waals surface area contributed by atoms with Gasteiger partial charge < -0.3 is 16.0 Å². The minimum Gasteiger partial charge on any atom is -0.387 e. The Morgan fingerprint density at radius 2 is 2.06 bits per heavy atom. The Morgan fingerprint density at radius 1 is 1.29 bits per heavy atom. The van der Waals surface area contributed by atoms with Gasteiger partial charge in [0, 0.05) is 27.1 Å². The van der Waals surface area contributed by atoms with Gasteiger partial charge in [-0.1, -0.05) is 0 Å². The fourth-order valence-corrected chi connectivity index (χ4v) is 1.18. The van der Waals surface area contributed by atoms with Crippen molar-refractivity contribution in [3.8, 4) is 0 Å². The van der Waals surface area contributed by atoms with Gasteiger partial charge in [0.05, 0.1) is 11.9 Å². The first-order chi connectivity index (χ1) is 8.17. The van der Waals surface area contributed by atoms with E-state index < -0.39 is 0 Å². The summed E-state index contributed by atoms with van der Waals surface area (Å²) in [4.78, 5) is 26.5. The molecule has 0 radical (unpaired) electrons. The Hall–Kier alpha value is -2.11. The molecule has 0 saturated carbocycles. The first kappa shape index (κ1) is 13.0. The van der Waals surface area contributed by atoms with Crippen LogP contribution in [0.3, 0.4) is 0 Å². The highest BCUT2D eigenvalue weighted by Gasteiger charge is 2.06. The van der Waals surface area contributed by atoms with Gasteiger partial charge in [0.25, 0.3) is 5.91 Å². The molecule has 1 aromatic rings. The van der Waals surface area contributed by atoms with Gasteiger partial charge in [-0.3, -0.25) is 9.59 Å². The van der Waals surface area contributed by atoms with Crippen molar-refractivity contribution in [3.63, 3.8) is 0 Å². The van der Waals surface area contributed by atoms with Crippen LogP contribution in [0.15, 0.2) is 18.3 Å². The summed E-state index contributed by atoms with van der Waals surface area (Å²) in [5.41, 5.74) is 1.17. The molecule has 0 unspecified atom stereocenters. The van der Waals surface area contributed by atoms with Crippen LogP contribution in [0.2, 0.25) is 0 Å². The molecule has 0 aromatic carbocycles. The number of anilines is 1. The molecular weight excluding hydrogens is 220 g/mol. The lowest BCUT2D eigenvalue weighted by Gasteiger charge is -2.05. The molecule has 6 heteroatoms. The molecule has 0 aliphatic heterocycles. The Morgan fingerprint density at radius 3 is 2.59 bits per heavy atom. The highest BCUT2D eigenvalue weighted by Crippen LogP contribution is 2.04. The van der Waals surface area contributed by atoms with E-state index in [4.69, 9.17) is 0 Å². The average molecular weight is 236 g/mol. The second-order valence-corrected chi connectivity index (χ2v) is 3.36. The van der Waals surface area contributed by atoms with Crippen molar-refractivity contribution in [2.75, 3.05) is 26.0 Å². The molecule has 3 N–H and O–H groups in total. The zero-order valence-electron chi connectivity index (χ0n) is 9.91. The van der Waals surface area contributed by atoms with Gasteiger partial charge in [-0.25, -0.2) is 4.98 Å². The van der Waals surface area contributed by atoms with E-state index in [9.17, 15) is 9.59 Å². The van der Waals surface area contributed by atoms with Crippen molar-refractivity contribution in [1.29, 1.82) is 0 Å². The van der Waals surface area contributed by atoms with Crippen molar-refractivity contribution in [3.05, 3.63) is 24.0 Å². The van der Waals surface area contributed by atoms with Crippen molar-refractivity contribution in [1.82, 2.24) is 15.6 Å². The summed E-state index contributed by atoms with van der Waals surface area (Å²) in [5, 5.41) is 8.01. The van der Waals surface area contributed by atoms with Crippen molar-refractivity contribution >= 4 is 17.5 Å². The SMILES string of the molecule is CNC(=O)CCNC(=O)c1ccc(NC)cn1. The van der Waals surface area contributed by atoms with Crippen LogP contribution in [0.4, 0.5) is 5.69 Å². The zero-order valence-corrected chi connectivity index (χ0v) is 9.91. The number of amides is 2. The Kier molecular flexibility index (Phi) is 4.93. The lowest BCUT2D eigenvalue weighted by molar-refractivity contribution is -0.120. The Labute approximate surface area is 99.8 Å². The number of aromatic nitrogens is 1. The molecule has 1 heterocycles. The standard InChI is InChI=1S/C11H16N4O2/c1-12-8-3-4-9(15-7-8)11(17)14-6-5-10(16)13-2/h3-4,7,12H,5-6H2,1-2H3,(H,13,16)(H,14,17). The molecule has 1 rings (SSSR count). The largest absolute Gasteiger partial charge is 0.387 e. The summed E-state index contributed by atoms with van der Waals surface area (Å²) in [7, 11) is 3.34. The second-order valence-electron chi connectivity index (χ2n) is 3.36. The summed E-state index contributed by atoms with van der Waals surface area (Å²) in [5.74, 6) is -0.389. The highest BCUT2D eigenvalue weighted by molar-refractivity contribution is 5.92. The number of pyridine rings is 1. The number of rotatable bonds is 5. The monoisotopic (exact) mass is 236 g/mol. The molecule has 0 aliphatic rings. The van der Waals surface area contributed by atoms with Crippen LogP contribution in [0.5, 0.6) is 0 Å². The van der Waals surface area contributed by atoms with E-state index in [1.54, 1.807) is 32.4 Å². The predicted octanol–water partition coefficient (Wildman–Crippen LogP) is -0.0108. The van der Waals surface area contributed by atoms with Gasteiger partial charge >= 0.3 is 0 Å². The first-order valence-electron chi connectivity index (χ1n) is 5.30. The van der Waals surface area contributed by atoms with Crippen LogP contribution >= 0.6 is 0 Å². The summed E-state index contributed by atoms with van der Waals surface area (Å²) in [6, 6.07) is 3.39. The quantitative estimate of drug-likeness (QED) is 0.671. The van der Waals surface area contributed by atoms with E-state index >= 15 is 0 Å². The van der Waals surface area contributed by atoms with Gasteiger partial charge in [0.15, 0.2) is 0 Å². The van der Waals surface area contributed by atoms with Crippen molar-refractivity contribution in [2.45, 2.75) is 6.42 Å². The number of hydrogen-bond acceptors (Lipinski definition) is 4. The fourth-order valence-electron chi connectivity index (χ4n) is 1.18. The van der Waals surface area contributed by atoms with E-state index in [2.05, 4.69) is 20.9 Å². The molecule has 17 heavy (non-hydrogen) atoms. The minimum absolute atomic E-state index is 0.108. The van der Waals surface area contributed by atoms with E-state index in [0.29, 0.717) is 12.2 Å². The third-order valence-electron chi connectivity index (χ3n) is 2.20. The maximum absolute atomic E-state index is 11.6. The first-order valence-corrected chi connectivity index (χ1v) is 5.30. The predicted molar refractivity (Wildman–Crippen MR) is 64.8 cm³/mol. The summed E-state index contributed by atoms with van der Waals surface area (Å²) >= 11 is 0. The zero-order chi connectivity index (χ0) is 12.7. The molecule has 0 bridgehead atoms. The highest BCUT2D eigenvalue weighted by atomic mass is 16.2. The van der Waals surface area contributed by atoms with Crippen LogP contribution in [0.1, 0.15) is 16.9 Å². The van der Waals surface area contributed by atoms with Gasteiger partial charge in [0.1, 0.15) is 5.69 Å². The molecule has 1 aromatic heterocycles. The topological polar surface area (TPSA) is 83.1 Å². The lowest BCUT2D eigenvalue weighted by Crippen LogP contribution is -2.29. The molecule has 0 atom stereocenters. The number of nitrogens with one attached hydrogen (secondary N) is 3. The third kappa shape index (κ3) is 4.10. The van der Waals surface area contributed by atoms with Gasteiger partial charge in [-0.15, -0.1) is 0 Å².